The number of carbonyl (C=O) groups excluding carboxylic acids is 2. The zero-order chi connectivity index (χ0) is 14.0. The van der Waals surface area contributed by atoms with Crippen molar-refractivity contribution >= 4 is 28.6 Å². The number of hydrogen-bond acceptors (Lipinski definition) is 5. The van der Waals surface area contributed by atoms with E-state index in [1.807, 2.05) is 4.98 Å². The van der Waals surface area contributed by atoms with Gasteiger partial charge in [0.25, 0.3) is 5.56 Å². The van der Waals surface area contributed by atoms with Gasteiger partial charge in [-0.1, -0.05) is 11.8 Å². The SMILES string of the molecule is CC(=O)SCC1CC(=O)N(c2cc(=O)[nH]c(=O)[nH]2)C1. The average Bonchev–Trinajstić information content (AvgIpc) is 2.66. The van der Waals surface area contributed by atoms with Gasteiger partial charge in [-0.15, -0.1) is 0 Å². The second-order valence-electron chi connectivity index (χ2n) is 4.35. The molecule has 2 N–H and O–H groups in total. The highest BCUT2D eigenvalue weighted by molar-refractivity contribution is 8.13. The fraction of sp³-hybridized carbons (Fsp3) is 0.455. The summed E-state index contributed by atoms with van der Waals surface area (Å²) in [6, 6.07) is 1.18. The van der Waals surface area contributed by atoms with Crippen LogP contribution in [0.25, 0.3) is 0 Å². The Bertz CT molecular complexity index is 593. The van der Waals surface area contributed by atoms with Crippen LogP contribution in [0.1, 0.15) is 13.3 Å². The first kappa shape index (κ1) is 13.6. The van der Waals surface area contributed by atoms with E-state index in [4.69, 9.17) is 0 Å². The highest BCUT2D eigenvalue weighted by atomic mass is 32.2. The molecule has 1 saturated heterocycles. The Morgan fingerprint density at radius 2 is 2.16 bits per heavy atom. The van der Waals surface area contributed by atoms with Crippen LogP contribution >= 0.6 is 11.8 Å². The largest absolute Gasteiger partial charge is 0.327 e. The number of aromatic nitrogens is 2. The molecule has 1 aliphatic heterocycles. The topological polar surface area (TPSA) is 103 Å². The molecule has 0 aromatic carbocycles. The lowest BCUT2D eigenvalue weighted by atomic mass is 10.1. The van der Waals surface area contributed by atoms with Gasteiger partial charge in [0.05, 0.1) is 0 Å². The normalized spacial score (nSPS) is 18.9. The van der Waals surface area contributed by atoms with E-state index in [9.17, 15) is 19.2 Å². The van der Waals surface area contributed by atoms with Gasteiger partial charge in [0.2, 0.25) is 5.91 Å². The Hall–Kier alpha value is -1.83. The number of nitrogens with one attached hydrogen (secondary N) is 2. The lowest BCUT2D eigenvalue weighted by molar-refractivity contribution is -0.117. The zero-order valence-corrected chi connectivity index (χ0v) is 11.1. The molecule has 8 heteroatoms. The van der Waals surface area contributed by atoms with Gasteiger partial charge in [0.15, 0.2) is 5.12 Å². The molecule has 2 heterocycles. The molecule has 0 bridgehead atoms. The number of H-pyrrole nitrogens is 2. The summed E-state index contributed by atoms with van der Waals surface area (Å²) in [5.41, 5.74) is -1.19. The van der Waals surface area contributed by atoms with Crippen LogP contribution in [0, 0.1) is 5.92 Å². The highest BCUT2D eigenvalue weighted by Crippen LogP contribution is 2.25. The van der Waals surface area contributed by atoms with Gasteiger partial charge in [-0.2, -0.15) is 0 Å². The molecule has 1 atom stereocenters. The first-order valence-corrected chi connectivity index (χ1v) is 6.71. The maximum Gasteiger partial charge on any atom is 0.327 e. The van der Waals surface area contributed by atoms with Gasteiger partial charge in [0, 0.05) is 31.7 Å². The van der Waals surface area contributed by atoms with Crippen molar-refractivity contribution in [2.45, 2.75) is 13.3 Å². The molecule has 0 radical (unpaired) electrons. The molecule has 1 fully saturated rings. The van der Waals surface area contributed by atoms with Crippen molar-refractivity contribution in [2.24, 2.45) is 5.92 Å². The van der Waals surface area contributed by atoms with Crippen LogP contribution in [0.15, 0.2) is 15.7 Å². The molecular weight excluding hydrogens is 270 g/mol. The van der Waals surface area contributed by atoms with Crippen molar-refractivity contribution in [3.63, 3.8) is 0 Å². The van der Waals surface area contributed by atoms with Crippen LogP contribution in [0.4, 0.5) is 5.82 Å². The molecule has 1 amide bonds. The minimum atomic E-state index is -0.642. The maximum absolute atomic E-state index is 11.8. The number of amides is 1. The van der Waals surface area contributed by atoms with E-state index >= 15 is 0 Å². The number of thioether (sulfide) groups is 1. The van der Waals surface area contributed by atoms with E-state index in [1.54, 1.807) is 0 Å². The predicted molar refractivity (Wildman–Crippen MR) is 71.3 cm³/mol. The molecule has 0 saturated carbocycles. The van der Waals surface area contributed by atoms with E-state index in [2.05, 4.69) is 4.98 Å². The fourth-order valence-corrected chi connectivity index (χ4v) is 2.66. The van der Waals surface area contributed by atoms with Gasteiger partial charge in [-0.05, 0) is 5.92 Å². The Balaban J connectivity index is 2.13. The third kappa shape index (κ3) is 3.34. The molecule has 1 unspecified atom stereocenters. The molecule has 1 aromatic rings. The molecule has 1 aromatic heterocycles. The lowest BCUT2D eigenvalue weighted by Gasteiger charge is -2.15. The summed E-state index contributed by atoms with van der Waals surface area (Å²) in [6.45, 7) is 1.88. The van der Waals surface area contributed by atoms with Crippen LogP contribution < -0.4 is 16.1 Å². The predicted octanol–water partition coefficient (Wildman–Crippen LogP) is -0.304. The molecule has 0 aliphatic carbocycles. The van der Waals surface area contributed by atoms with E-state index in [0.717, 1.165) is 0 Å². The number of rotatable bonds is 3. The Morgan fingerprint density at radius 1 is 1.42 bits per heavy atom. The third-order valence-corrected chi connectivity index (χ3v) is 3.81. The maximum atomic E-state index is 11.8. The average molecular weight is 283 g/mol. The van der Waals surface area contributed by atoms with Gasteiger partial charge in [-0.25, -0.2) is 4.79 Å². The summed E-state index contributed by atoms with van der Waals surface area (Å²) in [5, 5.41) is 0.00969. The van der Waals surface area contributed by atoms with Crippen molar-refractivity contribution in [1.29, 1.82) is 0 Å². The number of nitrogens with zero attached hydrogens (tertiary/aromatic N) is 1. The molecule has 2 rings (SSSR count). The van der Waals surface area contributed by atoms with Crippen molar-refractivity contribution in [1.82, 2.24) is 9.97 Å². The Labute approximate surface area is 112 Å². The summed E-state index contributed by atoms with van der Waals surface area (Å²) >= 11 is 1.18. The quantitative estimate of drug-likeness (QED) is 0.792. The second kappa shape index (κ2) is 5.43. The van der Waals surface area contributed by atoms with Crippen LogP contribution in [-0.4, -0.2) is 33.3 Å². The van der Waals surface area contributed by atoms with Crippen molar-refractivity contribution < 1.29 is 9.59 Å². The van der Waals surface area contributed by atoms with Gasteiger partial charge in [-0.3, -0.25) is 29.3 Å². The molecule has 102 valence electrons. The smallest absolute Gasteiger partial charge is 0.298 e. The molecule has 0 spiro atoms. The minimum Gasteiger partial charge on any atom is -0.298 e. The third-order valence-electron chi connectivity index (χ3n) is 2.76. The second-order valence-corrected chi connectivity index (χ2v) is 5.55. The molecule has 1 aliphatic rings. The first-order valence-electron chi connectivity index (χ1n) is 5.73. The van der Waals surface area contributed by atoms with E-state index in [1.165, 1.54) is 29.7 Å². The summed E-state index contributed by atoms with van der Waals surface area (Å²) in [4.78, 5) is 51.0. The van der Waals surface area contributed by atoms with Crippen molar-refractivity contribution in [3.05, 3.63) is 26.9 Å². The monoisotopic (exact) mass is 283 g/mol. The lowest BCUT2D eigenvalue weighted by Crippen LogP contribution is -2.31. The standard InChI is InChI=1S/C11H13N3O4S/c1-6(15)19-5-7-2-10(17)14(4-7)8-3-9(16)13-11(18)12-8/h3,7H,2,4-5H2,1H3,(H2,12,13,16,18). The van der Waals surface area contributed by atoms with Gasteiger partial charge >= 0.3 is 5.69 Å². The van der Waals surface area contributed by atoms with Crippen LogP contribution in [0.5, 0.6) is 0 Å². The zero-order valence-electron chi connectivity index (χ0n) is 10.3. The van der Waals surface area contributed by atoms with Crippen molar-refractivity contribution in [2.75, 3.05) is 17.2 Å². The first-order chi connectivity index (χ1) is 8.95. The van der Waals surface area contributed by atoms with E-state index < -0.39 is 11.2 Å². The summed E-state index contributed by atoms with van der Waals surface area (Å²) in [5.74, 6) is 0.652. The number of carbonyl (C=O) groups is 2. The van der Waals surface area contributed by atoms with Crippen molar-refractivity contribution in [3.8, 4) is 0 Å². The fourth-order valence-electron chi connectivity index (χ4n) is 1.96. The Morgan fingerprint density at radius 3 is 2.79 bits per heavy atom. The van der Waals surface area contributed by atoms with Crippen LogP contribution in [0.2, 0.25) is 0 Å². The van der Waals surface area contributed by atoms with E-state index in [-0.39, 0.29) is 22.8 Å². The number of anilines is 1. The van der Waals surface area contributed by atoms with Crippen LogP contribution in [0.3, 0.4) is 0 Å². The molecular formula is C11H13N3O4S. The van der Waals surface area contributed by atoms with E-state index in [0.29, 0.717) is 18.7 Å². The molecule has 7 nitrogen and oxygen atoms in total. The minimum absolute atomic E-state index is 0.00969. The summed E-state index contributed by atoms with van der Waals surface area (Å²) in [7, 11) is 0. The van der Waals surface area contributed by atoms with Gasteiger partial charge in [0.1, 0.15) is 5.82 Å². The van der Waals surface area contributed by atoms with Gasteiger partial charge < -0.3 is 0 Å². The highest BCUT2D eigenvalue weighted by Gasteiger charge is 2.31. The van der Waals surface area contributed by atoms with Crippen LogP contribution in [-0.2, 0) is 9.59 Å². The summed E-state index contributed by atoms with van der Waals surface area (Å²) in [6.07, 6.45) is 0.315. The molecule has 19 heavy (non-hydrogen) atoms. The Kier molecular flexibility index (Phi) is 3.89. The summed E-state index contributed by atoms with van der Waals surface area (Å²) < 4.78 is 0. The number of hydrogen-bond donors (Lipinski definition) is 2. The number of aromatic amines is 2.